The molecule has 0 aliphatic carbocycles. The van der Waals surface area contributed by atoms with Crippen LogP contribution in [0.2, 0.25) is 0 Å². The van der Waals surface area contributed by atoms with Gasteiger partial charge in [-0.05, 0) is 34.0 Å². The highest BCUT2D eigenvalue weighted by molar-refractivity contribution is 4.82. The molecule has 102 valence electrons. The van der Waals surface area contributed by atoms with Crippen molar-refractivity contribution in [2.45, 2.75) is 51.1 Å². The van der Waals surface area contributed by atoms with Crippen LogP contribution < -0.4 is 5.32 Å². The minimum Gasteiger partial charge on any atom is -0.317 e. The summed E-state index contributed by atoms with van der Waals surface area (Å²) in [6, 6.07) is 1.42. The van der Waals surface area contributed by atoms with Crippen molar-refractivity contribution in [3.8, 4) is 0 Å². The van der Waals surface area contributed by atoms with E-state index in [1.54, 1.807) is 0 Å². The Morgan fingerprint density at radius 2 is 2.00 bits per heavy atom. The van der Waals surface area contributed by atoms with E-state index in [0.717, 1.165) is 6.04 Å². The van der Waals surface area contributed by atoms with E-state index in [1.807, 2.05) is 0 Å². The van der Waals surface area contributed by atoms with Crippen LogP contribution in [0.5, 0.6) is 0 Å². The smallest absolute Gasteiger partial charge is 0.0235 e. The van der Waals surface area contributed by atoms with Crippen molar-refractivity contribution >= 4 is 0 Å². The second kappa shape index (κ2) is 8.06. The predicted octanol–water partition coefficient (Wildman–Crippen LogP) is 1.79. The van der Waals surface area contributed by atoms with Gasteiger partial charge in [0, 0.05) is 31.7 Å². The first-order valence-electron chi connectivity index (χ1n) is 7.23. The van der Waals surface area contributed by atoms with Crippen molar-refractivity contribution in [3.63, 3.8) is 0 Å². The Hall–Kier alpha value is -0.120. The van der Waals surface area contributed by atoms with E-state index in [9.17, 15) is 0 Å². The van der Waals surface area contributed by atoms with Crippen LogP contribution in [0.25, 0.3) is 0 Å². The summed E-state index contributed by atoms with van der Waals surface area (Å²) in [4.78, 5) is 4.99. The van der Waals surface area contributed by atoms with Crippen molar-refractivity contribution in [2.24, 2.45) is 0 Å². The molecule has 2 atom stereocenters. The highest BCUT2D eigenvalue weighted by atomic mass is 15.3. The quantitative estimate of drug-likeness (QED) is 0.686. The minimum absolute atomic E-state index is 0.695. The summed E-state index contributed by atoms with van der Waals surface area (Å²) in [7, 11) is 6.63. The third kappa shape index (κ3) is 5.36. The average Bonchev–Trinajstić information content (AvgIpc) is 2.32. The lowest BCUT2D eigenvalue weighted by Crippen LogP contribution is -2.52. The molecule has 1 aliphatic rings. The molecule has 1 fully saturated rings. The van der Waals surface area contributed by atoms with Crippen LogP contribution >= 0.6 is 0 Å². The molecule has 2 unspecified atom stereocenters. The number of nitrogens with one attached hydrogen (secondary N) is 1. The normalized spacial score (nSPS) is 25.1. The van der Waals surface area contributed by atoms with E-state index >= 15 is 0 Å². The maximum atomic E-state index is 3.50. The third-order valence-electron chi connectivity index (χ3n) is 4.10. The van der Waals surface area contributed by atoms with Crippen LogP contribution in [0.4, 0.5) is 0 Å². The fourth-order valence-electron chi connectivity index (χ4n) is 2.71. The van der Waals surface area contributed by atoms with Gasteiger partial charge in [0.15, 0.2) is 0 Å². The minimum atomic E-state index is 0.695. The van der Waals surface area contributed by atoms with Gasteiger partial charge in [0.05, 0.1) is 0 Å². The molecule has 17 heavy (non-hydrogen) atoms. The summed E-state index contributed by atoms with van der Waals surface area (Å²) in [5, 5.41) is 3.50. The topological polar surface area (TPSA) is 18.5 Å². The Kier molecular flexibility index (Phi) is 7.09. The molecule has 3 heteroatoms. The van der Waals surface area contributed by atoms with Crippen LogP contribution in [0.1, 0.15) is 39.0 Å². The molecule has 1 N–H and O–H groups in total. The van der Waals surface area contributed by atoms with Gasteiger partial charge in [0.1, 0.15) is 0 Å². The SMILES string of the molecule is CCCCCC(CC1CN(C)CCN1C)NC. The van der Waals surface area contributed by atoms with E-state index in [4.69, 9.17) is 0 Å². The first-order chi connectivity index (χ1) is 8.17. The van der Waals surface area contributed by atoms with Gasteiger partial charge in [-0.3, -0.25) is 0 Å². The van der Waals surface area contributed by atoms with Gasteiger partial charge in [-0.25, -0.2) is 0 Å². The molecule has 0 saturated carbocycles. The van der Waals surface area contributed by atoms with Gasteiger partial charge in [0.2, 0.25) is 0 Å². The van der Waals surface area contributed by atoms with Crippen molar-refractivity contribution in [2.75, 3.05) is 40.8 Å². The second-order valence-electron chi connectivity index (χ2n) is 5.61. The molecule has 0 amide bonds. The Morgan fingerprint density at radius 3 is 2.65 bits per heavy atom. The Balaban J connectivity index is 2.32. The molecule has 1 heterocycles. The van der Waals surface area contributed by atoms with Crippen LogP contribution in [0, 0.1) is 0 Å². The fraction of sp³-hybridized carbons (Fsp3) is 1.00. The predicted molar refractivity (Wildman–Crippen MR) is 75.5 cm³/mol. The number of hydrogen-bond acceptors (Lipinski definition) is 3. The monoisotopic (exact) mass is 241 g/mol. The summed E-state index contributed by atoms with van der Waals surface area (Å²) in [6.45, 7) is 5.93. The highest BCUT2D eigenvalue weighted by Gasteiger charge is 2.24. The number of rotatable bonds is 7. The van der Waals surface area contributed by atoms with Gasteiger partial charge >= 0.3 is 0 Å². The van der Waals surface area contributed by atoms with E-state index in [-0.39, 0.29) is 0 Å². The standard InChI is InChI=1S/C14H31N3/c1-5-6-7-8-13(15-2)11-14-12-16(3)9-10-17(14)4/h13-15H,5-12H2,1-4H3. The Morgan fingerprint density at radius 1 is 1.24 bits per heavy atom. The molecular formula is C14H31N3. The summed E-state index contributed by atoms with van der Waals surface area (Å²) >= 11 is 0. The van der Waals surface area contributed by atoms with Crippen molar-refractivity contribution in [1.82, 2.24) is 15.1 Å². The van der Waals surface area contributed by atoms with Gasteiger partial charge in [-0.15, -0.1) is 0 Å². The zero-order valence-corrected chi connectivity index (χ0v) is 12.2. The van der Waals surface area contributed by atoms with Crippen LogP contribution in [0.3, 0.4) is 0 Å². The van der Waals surface area contributed by atoms with E-state index in [1.165, 1.54) is 51.7 Å². The largest absolute Gasteiger partial charge is 0.317 e. The average molecular weight is 241 g/mol. The maximum Gasteiger partial charge on any atom is 0.0235 e. The molecule has 1 rings (SSSR count). The Labute approximate surface area is 108 Å². The number of unbranched alkanes of at least 4 members (excludes halogenated alkanes) is 2. The van der Waals surface area contributed by atoms with Gasteiger partial charge in [-0.1, -0.05) is 26.2 Å². The Bertz CT molecular complexity index is 196. The van der Waals surface area contributed by atoms with Gasteiger partial charge < -0.3 is 15.1 Å². The highest BCUT2D eigenvalue weighted by Crippen LogP contribution is 2.15. The second-order valence-corrected chi connectivity index (χ2v) is 5.61. The van der Waals surface area contributed by atoms with E-state index in [2.05, 4.69) is 43.2 Å². The van der Waals surface area contributed by atoms with Crippen molar-refractivity contribution in [1.29, 1.82) is 0 Å². The zero-order valence-electron chi connectivity index (χ0n) is 12.2. The summed E-state index contributed by atoms with van der Waals surface area (Å²) < 4.78 is 0. The molecule has 3 nitrogen and oxygen atoms in total. The third-order valence-corrected chi connectivity index (χ3v) is 4.10. The lowest BCUT2D eigenvalue weighted by molar-refractivity contribution is 0.101. The zero-order chi connectivity index (χ0) is 12.7. The summed E-state index contributed by atoms with van der Waals surface area (Å²) in [5.74, 6) is 0. The van der Waals surface area contributed by atoms with Crippen molar-refractivity contribution in [3.05, 3.63) is 0 Å². The fourth-order valence-corrected chi connectivity index (χ4v) is 2.71. The van der Waals surface area contributed by atoms with Gasteiger partial charge in [0.25, 0.3) is 0 Å². The van der Waals surface area contributed by atoms with E-state index < -0.39 is 0 Å². The lowest BCUT2D eigenvalue weighted by Gasteiger charge is -2.39. The van der Waals surface area contributed by atoms with Crippen LogP contribution in [-0.4, -0.2) is 62.7 Å². The molecule has 0 radical (unpaired) electrons. The molecule has 0 bridgehead atoms. The molecule has 0 aromatic carbocycles. The first-order valence-corrected chi connectivity index (χ1v) is 7.23. The molecule has 0 aromatic rings. The van der Waals surface area contributed by atoms with Crippen molar-refractivity contribution < 1.29 is 0 Å². The lowest BCUT2D eigenvalue weighted by atomic mass is 9.99. The number of hydrogen-bond donors (Lipinski definition) is 1. The number of piperazine rings is 1. The molecule has 1 saturated heterocycles. The molecular weight excluding hydrogens is 210 g/mol. The maximum absolute atomic E-state index is 3.50. The number of likely N-dealkylation sites (N-methyl/N-ethyl adjacent to an activating group) is 2. The van der Waals surface area contributed by atoms with Crippen LogP contribution in [-0.2, 0) is 0 Å². The summed E-state index contributed by atoms with van der Waals surface area (Å²) in [6.07, 6.45) is 6.69. The van der Waals surface area contributed by atoms with E-state index in [0.29, 0.717) is 6.04 Å². The molecule has 0 aromatic heterocycles. The molecule has 1 aliphatic heterocycles. The molecule has 0 spiro atoms. The number of nitrogens with zero attached hydrogens (tertiary/aromatic N) is 2. The van der Waals surface area contributed by atoms with Gasteiger partial charge in [-0.2, -0.15) is 0 Å². The summed E-state index contributed by atoms with van der Waals surface area (Å²) in [5.41, 5.74) is 0. The van der Waals surface area contributed by atoms with Crippen LogP contribution in [0.15, 0.2) is 0 Å². The first kappa shape index (κ1) is 14.9.